The Labute approximate surface area is 177 Å². The van der Waals surface area contributed by atoms with Crippen LogP contribution in [0.4, 0.5) is 5.69 Å². The van der Waals surface area contributed by atoms with Crippen molar-refractivity contribution in [3.05, 3.63) is 65.2 Å². The molecule has 2 N–H and O–H groups in total. The molecule has 6 heteroatoms. The summed E-state index contributed by atoms with van der Waals surface area (Å²) in [7, 11) is 1.60. The van der Waals surface area contributed by atoms with Gasteiger partial charge in [-0.15, -0.1) is 0 Å². The highest BCUT2D eigenvalue weighted by molar-refractivity contribution is 5.98. The van der Waals surface area contributed by atoms with Gasteiger partial charge in [0.25, 0.3) is 11.8 Å². The normalized spacial score (nSPS) is 13.5. The second-order valence-electron chi connectivity index (χ2n) is 8.73. The van der Waals surface area contributed by atoms with Crippen LogP contribution in [0, 0.1) is 5.41 Å². The first-order valence-corrected chi connectivity index (χ1v) is 10.2. The third-order valence-corrected chi connectivity index (χ3v) is 5.09. The minimum Gasteiger partial charge on any atom is -0.355 e. The van der Waals surface area contributed by atoms with E-state index in [0.29, 0.717) is 23.4 Å². The van der Waals surface area contributed by atoms with Gasteiger partial charge in [0.15, 0.2) is 0 Å². The number of hydrogen-bond donors (Lipinski definition) is 2. The molecule has 30 heavy (non-hydrogen) atoms. The van der Waals surface area contributed by atoms with Gasteiger partial charge in [0.05, 0.1) is 0 Å². The Morgan fingerprint density at radius 2 is 1.67 bits per heavy atom. The number of carbonyl (C=O) groups is 3. The Morgan fingerprint density at radius 3 is 2.23 bits per heavy atom. The molecule has 158 valence electrons. The molecule has 1 aliphatic carbocycles. The van der Waals surface area contributed by atoms with Gasteiger partial charge in [0, 0.05) is 41.9 Å². The topological polar surface area (TPSA) is 78.5 Å². The summed E-state index contributed by atoms with van der Waals surface area (Å²) in [6, 6.07) is 14.6. The van der Waals surface area contributed by atoms with E-state index in [9.17, 15) is 14.4 Å². The Balaban J connectivity index is 1.75. The van der Waals surface area contributed by atoms with Crippen molar-refractivity contribution in [2.24, 2.45) is 5.41 Å². The predicted molar refractivity (Wildman–Crippen MR) is 117 cm³/mol. The second-order valence-corrected chi connectivity index (χ2v) is 8.73. The lowest BCUT2D eigenvalue weighted by molar-refractivity contribution is -0.123. The van der Waals surface area contributed by atoms with Crippen LogP contribution in [0.15, 0.2) is 48.5 Å². The van der Waals surface area contributed by atoms with Crippen LogP contribution in [0.25, 0.3) is 0 Å². The van der Waals surface area contributed by atoms with E-state index in [1.807, 2.05) is 37.8 Å². The number of nitrogens with one attached hydrogen (secondary N) is 2. The molecule has 3 rings (SSSR count). The van der Waals surface area contributed by atoms with E-state index >= 15 is 0 Å². The van der Waals surface area contributed by atoms with Crippen LogP contribution in [0.3, 0.4) is 0 Å². The predicted octanol–water partition coefficient (Wildman–Crippen LogP) is 3.84. The average Bonchev–Trinajstić information content (AvgIpc) is 3.56. The highest BCUT2D eigenvalue weighted by Gasteiger charge is 2.33. The molecular weight excluding hydrogens is 378 g/mol. The summed E-state index contributed by atoms with van der Waals surface area (Å²) in [5.41, 5.74) is 2.22. The summed E-state index contributed by atoms with van der Waals surface area (Å²) >= 11 is 0. The number of anilines is 1. The Morgan fingerprint density at radius 1 is 1.00 bits per heavy atom. The quantitative estimate of drug-likeness (QED) is 0.764. The van der Waals surface area contributed by atoms with E-state index < -0.39 is 5.41 Å². The fraction of sp³-hybridized carbons (Fsp3) is 0.375. The lowest BCUT2D eigenvalue weighted by Crippen LogP contribution is -2.33. The summed E-state index contributed by atoms with van der Waals surface area (Å²) < 4.78 is 0. The van der Waals surface area contributed by atoms with E-state index in [0.717, 1.165) is 18.4 Å². The molecule has 0 aliphatic heterocycles. The van der Waals surface area contributed by atoms with Crippen molar-refractivity contribution in [2.45, 2.75) is 46.2 Å². The highest BCUT2D eigenvalue weighted by atomic mass is 16.2. The van der Waals surface area contributed by atoms with E-state index in [1.165, 1.54) is 0 Å². The molecule has 1 fully saturated rings. The number of amides is 3. The first-order valence-electron chi connectivity index (χ1n) is 10.2. The van der Waals surface area contributed by atoms with Crippen molar-refractivity contribution in [3.63, 3.8) is 0 Å². The standard InChI is InChI=1S/C24H29N3O3/c1-24(2,3)23(30)26-19-7-5-6-18(14-19)22(29)27(20-12-13-20)15-16-8-10-17(11-9-16)21(28)25-4/h5-11,14,20H,12-13,15H2,1-4H3,(H,25,28)(H,26,30). The van der Waals surface area contributed by atoms with Crippen molar-refractivity contribution in [3.8, 4) is 0 Å². The van der Waals surface area contributed by atoms with Crippen LogP contribution in [-0.4, -0.2) is 35.7 Å². The fourth-order valence-corrected chi connectivity index (χ4v) is 3.07. The van der Waals surface area contributed by atoms with E-state index in [2.05, 4.69) is 10.6 Å². The third-order valence-electron chi connectivity index (χ3n) is 5.09. The molecule has 0 aromatic heterocycles. The minimum absolute atomic E-state index is 0.0558. The van der Waals surface area contributed by atoms with Gasteiger partial charge in [-0.3, -0.25) is 14.4 Å². The molecule has 0 spiro atoms. The Kier molecular flexibility index (Phi) is 6.25. The monoisotopic (exact) mass is 407 g/mol. The first-order chi connectivity index (χ1) is 14.2. The van der Waals surface area contributed by atoms with Crippen LogP contribution in [0.2, 0.25) is 0 Å². The zero-order valence-corrected chi connectivity index (χ0v) is 18.0. The number of benzene rings is 2. The van der Waals surface area contributed by atoms with Gasteiger partial charge in [-0.2, -0.15) is 0 Å². The maximum atomic E-state index is 13.2. The number of rotatable bonds is 6. The van der Waals surface area contributed by atoms with Crippen molar-refractivity contribution in [1.29, 1.82) is 0 Å². The summed E-state index contributed by atoms with van der Waals surface area (Å²) in [5, 5.41) is 5.49. The molecule has 0 bridgehead atoms. The van der Waals surface area contributed by atoms with Crippen LogP contribution in [0.5, 0.6) is 0 Å². The Bertz CT molecular complexity index is 941. The zero-order valence-electron chi connectivity index (χ0n) is 18.0. The van der Waals surface area contributed by atoms with E-state index in [-0.39, 0.29) is 23.8 Å². The summed E-state index contributed by atoms with van der Waals surface area (Å²) in [6.07, 6.45) is 1.98. The van der Waals surface area contributed by atoms with Crippen LogP contribution in [-0.2, 0) is 11.3 Å². The van der Waals surface area contributed by atoms with Gasteiger partial charge in [-0.25, -0.2) is 0 Å². The summed E-state index contributed by atoms with van der Waals surface area (Å²) in [6.45, 7) is 6.03. The smallest absolute Gasteiger partial charge is 0.254 e. The lowest BCUT2D eigenvalue weighted by atomic mass is 9.95. The molecule has 2 aromatic rings. The maximum absolute atomic E-state index is 13.2. The lowest BCUT2D eigenvalue weighted by Gasteiger charge is -2.23. The minimum atomic E-state index is -0.513. The van der Waals surface area contributed by atoms with Gasteiger partial charge in [0.1, 0.15) is 0 Å². The number of nitrogens with zero attached hydrogens (tertiary/aromatic N) is 1. The Hall–Kier alpha value is -3.15. The average molecular weight is 408 g/mol. The van der Waals surface area contributed by atoms with Gasteiger partial charge >= 0.3 is 0 Å². The molecule has 0 saturated heterocycles. The van der Waals surface area contributed by atoms with Crippen molar-refractivity contribution < 1.29 is 14.4 Å². The van der Waals surface area contributed by atoms with Gasteiger partial charge < -0.3 is 15.5 Å². The van der Waals surface area contributed by atoms with E-state index in [4.69, 9.17) is 0 Å². The zero-order chi connectivity index (χ0) is 21.9. The second kappa shape index (κ2) is 8.69. The molecule has 0 atom stereocenters. The fourth-order valence-electron chi connectivity index (χ4n) is 3.07. The number of carbonyl (C=O) groups excluding carboxylic acids is 3. The summed E-state index contributed by atoms with van der Waals surface area (Å²) in [5.74, 6) is -0.284. The summed E-state index contributed by atoms with van der Waals surface area (Å²) in [4.78, 5) is 39.1. The van der Waals surface area contributed by atoms with Crippen LogP contribution < -0.4 is 10.6 Å². The van der Waals surface area contributed by atoms with Gasteiger partial charge in [-0.05, 0) is 48.7 Å². The molecule has 0 unspecified atom stereocenters. The van der Waals surface area contributed by atoms with E-state index in [1.54, 1.807) is 43.4 Å². The SMILES string of the molecule is CNC(=O)c1ccc(CN(C(=O)c2cccc(NC(=O)C(C)(C)C)c2)C2CC2)cc1. The largest absolute Gasteiger partial charge is 0.355 e. The molecule has 3 amide bonds. The van der Waals surface area contributed by atoms with Crippen LogP contribution in [0.1, 0.15) is 59.9 Å². The maximum Gasteiger partial charge on any atom is 0.254 e. The molecule has 6 nitrogen and oxygen atoms in total. The van der Waals surface area contributed by atoms with Crippen LogP contribution >= 0.6 is 0 Å². The van der Waals surface area contributed by atoms with Crippen molar-refractivity contribution >= 4 is 23.4 Å². The molecular formula is C24H29N3O3. The molecule has 2 aromatic carbocycles. The number of hydrogen-bond acceptors (Lipinski definition) is 3. The van der Waals surface area contributed by atoms with Crippen molar-refractivity contribution in [1.82, 2.24) is 10.2 Å². The molecule has 1 saturated carbocycles. The highest BCUT2D eigenvalue weighted by Crippen LogP contribution is 2.30. The van der Waals surface area contributed by atoms with Gasteiger partial charge in [0.2, 0.25) is 5.91 Å². The molecule has 0 heterocycles. The van der Waals surface area contributed by atoms with Gasteiger partial charge in [-0.1, -0.05) is 39.0 Å². The molecule has 1 aliphatic rings. The van der Waals surface area contributed by atoms with Crippen molar-refractivity contribution in [2.75, 3.05) is 12.4 Å². The third kappa shape index (κ3) is 5.26. The molecule has 0 radical (unpaired) electrons. The first kappa shape index (κ1) is 21.6.